The SMILES string of the molecule is Cc1cc(C)c([N+](=O)[O-])cc1NC(=O)CCCCCN. The predicted molar refractivity (Wildman–Crippen MR) is 78.7 cm³/mol. The van der Waals surface area contributed by atoms with E-state index in [4.69, 9.17) is 5.73 Å². The number of carbonyl (C=O) groups is 1. The number of nitrogens with one attached hydrogen (secondary N) is 1. The van der Waals surface area contributed by atoms with Gasteiger partial charge in [-0.2, -0.15) is 0 Å². The Morgan fingerprint density at radius 2 is 1.95 bits per heavy atom. The quantitative estimate of drug-likeness (QED) is 0.455. The van der Waals surface area contributed by atoms with Gasteiger partial charge in [0.1, 0.15) is 0 Å². The van der Waals surface area contributed by atoms with Crippen molar-refractivity contribution >= 4 is 17.3 Å². The van der Waals surface area contributed by atoms with Gasteiger partial charge in [0.25, 0.3) is 5.69 Å². The van der Waals surface area contributed by atoms with Crippen LogP contribution in [0.25, 0.3) is 0 Å². The van der Waals surface area contributed by atoms with Gasteiger partial charge < -0.3 is 11.1 Å². The fourth-order valence-corrected chi connectivity index (χ4v) is 1.99. The highest BCUT2D eigenvalue weighted by Crippen LogP contribution is 2.26. The third-order valence-electron chi connectivity index (χ3n) is 3.12. The Hall–Kier alpha value is -1.95. The molecule has 1 aromatic rings. The van der Waals surface area contributed by atoms with E-state index in [1.807, 2.05) is 6.92 Å². The fourth-order valence-electron chi connectivity index (χ4n) is 1.99. The summed E-state index contributed by atoms with van der Waals surface area (Å²) in [4.78, 5) is 22.2. The van der Waals surface area contributed by atoms with Crippen LogP contribution >= 0.6 is 0 Å². The van der Waals surface area contributed by atoms with E-state index in [9.17, 15) is 14.9 Å². The molecule has 6 nitrogen and oxygen atoms in total. The molecule has 0 unspecified atom stereocenters. The molecule has 1 aromatic carbocycles. The normalized spacial score (nSPS) is 10.3. The van der Waals surface area contributed by atoms with Crippen molar-refractivity contribution in [1.82, 2.24) is 0 Å². The van der Waals surface area contributed by atoms with E-state index in [1.165, 1.54) is 6.07 Å². The van der Waals surface area contributed by atoms with E-state index in [1.54, 1.807) is 13.0 Å². The lowest BCUT2D eigenvalue weighted by atomic mass is 10.1. The van der Waals surface area contributed by atoms with Gasteiger partial charge in [0.2, 0.25) is 5.91 Å². The first-order valence-electron chi connectivity index (χ1n) is 6.71. The second kappa shape index (κ2) is 7.59. The molecule has 0 fully saturated rings. The van der Waals surface area contributed by atoms with Gasteiger partial charge in [-0.3, -0.25) is 14.9 Å². The van der Waals surface area contributed by atoms with Gasteiger partial charge in [0, 0.05) is 18.1 Å². The van der Waals surface area contributed by atoms with Crippen molar-refractivity contribution in [3.8, 4) is 0 Å². The number of nitrogens with zero attached hydrogens (tertiary/aromatic N) is 1. The average molecular weight is 279 g/mol. The van der Waals surface area contributed by atoms with Crippen LogP contribution in [-0.4, -0.2) is 17.4 Å². The Morgan fingerprint density at radius 1 is 1.25 bits per heavy atom. The summed E-state index contributed by atoms with van der Waals surface area (Å²) in [6, 6.07) is 3.13. The van der Waals surface area contributed by atoms with Crippen LogP contribution in [-0.2, 0) is 4.79 Å². The first kappa shape index (κ1) is 16.1. The zero-order valence-electron chi connectivity index (χ0n) is 11.9. The van der Waals surface area contributed by atoms with Crippen molar-refractivity contribution in [3.63, 3.8) is 0 Å². The molecule has 0 aliphatic heterocycles. The lowest BCUT2D eigenvalue weighted by Gasteiger charge is -2.09. The predicted octanol–water partition coefficient (Wildman–Crippen LogP) is 2.67. The highest BCUT2D eigenvalue weighted by molar-refractivity contribution is 5.92. The van der Waals surface area contributed by atoms with Gasteiger partial charge in [-0.1, -0.05) is 6.42 Å². The van der Waals surface area contributed by atoms with Crippen LogP contribution in [0.3, 0.4) is 0 Å². The summed E-state index contributed by atoms with van der Waals surface area (Å²) >= 11 is 0. The molecule has 0 bridgehead atoms. The molecule has 0 saturated carbocycles. The van der Waals surface area contributed by atoms with Crippen molar-refractivity contribution < 1.29 is 9.72 Å². The molecule has 1 rings (SSSR count). The zero-order valence-corrected chi connectivity index (χ0v) is 11.9. The van der Waals surface area contributed by atoms with Crippen LogP contribution in [0.4, 0.5) is 11.4 Å². The maximum absolute atomic E-state index is 11.8. The van der Waals surface area contributed by atoms with Gasteiger partial charge in [-0.15, -0.1) is 0 Å². The van der Waals surface area contributed by atoms with Crippen molar-refractivity contribution in [2.75, 3.05) is 11.9 Å². The standard InChI is InChI=1S/C14H21N3O3/c1-10-8-11(2)13(17(19)20)9-12(10)16-14(18)6-4-3-5-7-15/h8-9H,3-7,15H2,1-2H3,(H,16,18). The summed E-state index contributed by atoms with van der Waals surface area (Å²) < 4.78 is 0. The number of rotatable bonds is 7. The maximum atomic E-state index is 11.8. The van der Waals surface area contributed by atoms with E-state index in [0.717, 1.165) is 24.8 Å². The Labute approximate surface area is 118 Å². The molecule has 3 N–H and O–H groups in total. The minimum absolute atomic E-state index is 0.0223. The third-order valence-corrected chi connectivity index (χ3v) is 3.12. The number of nitro groups is 1. The molecule has 110 valence electrons. The van der Waals surface area contributed by atoms with E-state index in [-0.39, 0.29) is 11.6 Å². The first-order valence-corrected chi connectivity index (χ1v) is 6.71. The Balaban J connectivity index is 2.69. The molecule has 0 aliphatic carbocycles. The first-order chi connectivity index (χ1) is 9.45. The number of nitrogens with two attached hydrogens (primary N) is 1. The number of benzene rings is 1. The van der Waals surface area contributed by atoms with Gasteiger partial charge in [0.15, 0.2) is 0 Å². The summed E-state index contributed by atoms with van der Waals surface area (Å²) in [6.45, 7) is 4.13. The number of unbranched alkanes of at least 4 members (excludes halogenated alkanes) is 2. The largest absolute Gasteiger partial charge is 0.330 e. The number of amides is 1. The molecule has 6 heteroatoms. The molecular formula is C14H21N3O3. The molecular weight excluding hydrogens is 258 g/mol. The molecule has 0 heterocycles. The number of anilines is 1. The number of carbonyl (C=O) groups excluding carboxylic acids is 1. The van der Waals surface area contributed by atoms with Crippen molar-refractivity contribution in [2.24, 2.45) is 5.73 Å². The van der Waals surface area contributed by atoms with Gasteiger partial charge in [-0.25, -0.2) is 0 Å². The Morgan fingerprint density at radius 3 is 2.55 bits per heavy atom. The lowest BCUT2D eigenvalue weighted by molar-refractivity contribution is -0.385. The van der Waals surface area contributed by atoms with Crippen molar-refractivity contribution in [1.29, 1.82) is 0 Å². The molecule has 1 amide bonds. The summed E-state index contributed by atoms with van der Waals surface area (Å²) in [5.41, 5.74) is 7.33. The van der Waals surface area contributed by atoms with E-state index >= 15 is 0 Å². The second-order valence-corrected chi connectivity index (χ2v) is 4.86. The molecule has 0 spiro atoms. The Kier molecular flexibility index (Phi) is 6.11. The summed E-state index contributed by atoms with van der Waals surface area (Å²) in [7, 11) is 0. The second-order valence-electron chi connectivity index (χ2n) is 4.86. The highest BCUT2D eigenvalue weighted by Gasteiger charge is 2.14. The minimum Gasteiger partial charge on any atom is -0.330 e. The van der Waals surface area contributed by atoms with Crippen LogP contribution in [0, 0.1) is 24.0 Å². The highest BCUT2D eigenvalue weighted by atomic mass is 16.6. The average Bonchev–Trinajstić information content (AvgIpc) is 2.37. The summed E-state index contributed by atoms with van der Waals surface area (Å²) in [5.74, 6) is -0.122. The number of hydrogen-bond donors (Lipinski definition) is 2. The third kappa shape index (κ3) is 4.62. The molecule has 0 aromatic heterocycles. The lowest BCUT2D eigenvalue weighted by Crippen LogP contribution is -2.12. The van der Waals surface area contributed by atoms with Gasteiger partial charge in [-0.05, 0) is 44.9 Å². The monoisotopic (exact) mass is 279 g/mol. The van der Waals surface area contributed by atoms with Gasteiger partial charge in [0.05, 0.1) is 10.6 Å². The number of hydrogen-bond acceptors (Lipinski definition) is 4. The Bertz CT molecular complexity index is 501. The van der Waals surface area contributed by atoms with E-state index in [0.29, 0.717) is 24.2 Å². The molecule has 0 saturated heterocycles. The van der Waals surface area contributed by atoms with Crippen LogP contribution < -0.4 is 11.1 Å². The van der Waals surface area contributed by atoms with Crippen LogP contribution in [0.2, 0.25) is 0 Å². The van der Waals surface area contributed by atoms with Crippen molar-refractivity contribution in [3.05, 3.63) is 33.4 Å². The summed E-state index contributed by atoms with van der Waals surface area (Å²) in [5, 5.41) is 13.6. The minimum atomic E-state index is -0.439. The van der Waals surface area contributed by atoms with Crippen LogP contribution in [0.1, 0.15) is 36.8 Å². The van der Waals surface area contributed by atoms with Gasteiger partial charge >= 0.3 is 0 Å². The molecule has 0 atom stereocenters. The topological polar surface area (TPSA) is 98.3 Å². The summed E-state index contributed by atoms with van der Waals surface area (Å²) in [6.07, 6.45) is 3.00. The van der Waals surface area contributed by atoms with Crippen molar-refractivity contribution in [2.45, 2.75) is 39.5 Å². The molecule has 0 aliphatic rings. The number of aryl methyl sites for hydroxylation is 2. The van der Waals surface area contributed by atoms with E-state index in [2.05, 4.69) is 5.32 Å². The maximum Gasteiger partial charge on any atom is 0.274 e. The van der Waals surface area contributed by atoms with Crippen LogP contribution in [0.15, 0.2) is 12.1 Å². The fraction of sp³-hybridized carbons (Fsp3) is 0.500. The molecule has 0 radical (unpaired) electrons. The smallest absolute Gasteiger partial charge is 0.274 e. The van der Waals surface area contributed by atoms with E-state index < -0.39 is 4.92 Å². The number of nitro benzene ring substituents is 1. The van der Waals surface area contributed by atoms with Crippen LogP contribution in [0.5, 0.6) is 0 Å². The molecule has 20 heavy (non-hydrogen) atoms. The zero-order chi connectivity index (χ0) is 15.1.